The second-order valence-electron chi connectivity index (χ2n) is 5.53. The molecule has 6 heteroatoms. The van der Waals surface area contributed by atoms with Crippen molar-refractivity contribution in [3.63, 3.8) is 0 Å². The third-order valence-electron chi connectivity index (χ3n) is 3.89. The van der Waals surface area contributed by atoms with E-state index in [2.05, 4.69) is 15.5 Å². The number of nitrogens with zero attached hydrogens (tertiary/aromatic N) is 2. The van der Waals surface area contributed by atoms with Crippen LogP contribution < -0.4 is 10.1 Å². The van der Waals surface area contributed by atoms with Crippen LogP contribution in [0.5, 0.6) is 5.75 Å². The standard InChI is InChI=1S/C19H19N3O3/c1-13-17(19(23)21-12-9-14-7-10-20-11-8-14)18(25-22-13)15-5-3-4-6-16(15)24-2/h3-8,10-11H,9,12H2,1-2H3,(H,21,23). The Bertz CT molecular complexity index is 859. The van der Waals surface area contributed by atoms with E-state index < -0.39 is 0 Å². The summed E-state index contributed by atoms with van der Waals surface area (Å²) in [4.78, 5) is 16.6. The maximum Gasteiger partial charge on any atom is 0.257 e. The highest BCUT2D eigenvalue weighted by molar-refractivity contribution is 6.01. The number of ether oxygens (including phenoxy) is 1. The molecule has 3 rings (SSSR count). The Labute approximate surface area is 145 Å². The molecule has 1 amide bonds. The van der Waals surface area contributed by atoms with Gasteiger partial charge in [0.15, 0.2) is 5.76 Å². The molecule has 6 nitrogen and oxygen atoms in total. The van der Waals surface area contributed by atoms with Gasteiger partial charge in [-0.25, -0.2) is 0 Å². The molecule has 3 aromatic rings. The van der Waals surface area contributed by atoms with E-state index in [0.29, 0.717) is 34.9 Å². The quantitative estimate of drug-likeness (QED) is 0.748. The Morgan fingerprint density at radius 3 is 2.72 bits per heavy atom. The Hall–Kier alpha value is -3.15. The molecule has 0 fully saturated rings. The Morgan fingerprint density at radius 1 is 1.20 bits per heavy atom. The predicted octanol–water partition coefficient (Wildman–Crippen LogP) is 3.03. The summed E-state index contributed by atoms with van der Waals surface area (Å²) in [6, 6.07) is 11.2. The molecule has 0 aliphatic carbocycles. The van der Waals surface area contributed by atoms with Crippen molar-refractivity contribution in [1.29, 1.82) is 0 Å². The average molecular weight is 337 g/mol. The summed E-state index contributed by atoms with van der Waals surface area (Å²) in [5.41, 5.74) is 2.79. The second-order valence-corrected chi connectivity index (χ2v) is 5.53. The van der Waals surface area contributed by atoms with Gasteiger partial charge in [-0.05, 0) is 43.2 Å². The summed E-state index contributed by atoms with van der Waals surface area (Å²) >= 11 is 0. The zero-order valence-electron chi connectivity index (χ0n) is 14.2. The van der Waals surface area contributed by atoms with Crippen molar-refractivity contribution in [1.82, 2.24) is 15.5 Å². The molecule has 0 aliphatic rings. The van der Waals surface area contributed by atoms with Crippen molar-refractivity contribution in [2.45, 2.75) is 13.3 Å². The largest absolute Gasteiger partial charge is 0.496 e. The Morgan fingerprint density at radius 2 is 1.96 bits per heavy atom. The highest BCUT2D eigenvalue weighted by atomic mass is 16.5. The van der Waals surface area contributed by atoms with Gasteiger partial charge >= 0.3 is 0 Å². The number of aromatic nitrogens is 2. The maximum atomic E-state index is 12.6. The highest BCUT2D eigenvalue weighted by Gasteiger charge is 2.23. The molecular formula is C19H19N3O3. The molecule has 128 valence electrons. The highest BCUT2D eigenvalue weighted by Crippen LogP contribution is 2.33. The van der Waals surface area contributed by atoms with E-state index in [0.717, 1.165) is 12.0 Å². The first kappa shape index (κ1) is 16.7. The smallest absolute Gasteiger partial charge is 0.257 e. The number of hydrogen-bond acceptors (Lipinski definition) is 5. The van der Waals surface area contributed by atoms with Crippen molar-refractivity contribution >= 4 is 5.91 Å². The van der Waals surface area contributed by atoms with Crippen LogP contribution in [0.3, 0.4) is 0 Å². The zero-order chi connectivity index (χ0) is 17.6. The number of rotatable bonds is 6. The van der Waals surface area contributed by atoms with Crippen molar-refractivity contribution < 1.29 is 14.1 Å². The van der Waals surface area contributed by atoms with Crippen molar-refractivity contribution in [3.05, 3.63) is 65.6 Å². The molecule has 0 spiro atoms. The molecule has 0 saturated carbocycles. The van der Waals surface area contributed by atoms with Gasteiger partial charge in [0.2, 0.25) is 0 Å². The molecule has 0 aliphatic heterocycles. The molecule has 1 aromatic carbocycles. The number of benzene rings is 1. The molecule has 0 bridgehead atoms. The summed E-state index contributed by atoms with van der Waals surface area (Å²) in [5.74, 6) is 0.828. The molecule has 1 N–H and O–H groups in total. The first-order chi connectivity index (χ1) is 12.2. The predicted molar refractivity (Wildman–Crippen MR) is 93.5 cm³/mol. The molecule has 0 saturated heterocycles. The molecule has 2 aromatic heterocycles. The van der Waals surface area contributed by atoms with E-state index in [-0.39, 0.29) is 5.91 Å². The van der Waals surface area contributed by atoms with E-state index in [1.165, 1.54) is 0 Å². The van der Waals surface area contributed by atoms with E-state index in [1.54, 1.807) is 26.4 Å². The van der Waals surface area contributed by atoms with Crippen LogP contribution in [0.2, 0.25) is 0 Å². The summed E-state index contributed by atoms with van der Waals surface area (Å²) in [5, 5.41) is 6.88. The fourth-order valence-corrected chi connectivity index (χ4v) is 2.61. The van der Waals surface area contributed by atoms with Crippen LogP contribution in [0, 0.1) is 6.92 Å². The van der Waals surface area contributed by atoms with Gasteiger partial charge in [-0.2, -0.15) is 0 Å². The fourth-order valence-electron chi connectivity index (χ4n) is 2.61. The van der Waals surface area contributed by atoms with Crippen molar-refractivity contribution in [3.8, 4) is 17.1 Å². The van der Waals surface area contributed by atoms with Crippen molar-refractivity contribution in [2.75, 3.05) is 13.7 Å². The lowest BCUT2D eigenvalue weighted by Crippen LogP contribution is -2.26. The summed E-state index contributed by atoms with van der Waals surface area (Å²) in [6.07, 6.45) is 4.20. The SMILES string of the molecule is COc1ccccc1-c1onc(C)c1C(=O)NCCc1ccncc1. The molecule has 25 heavy (non-hydrogen) atoms. The zero-order valence-corrected chi connectivity index (χ0v) is 14.2. The van der Waals surface area contributed by atoms with E-state index >= 15 is 0 Å². The van der Waals surface area contributed by atoms with Crippen LogP contribution >= 0.6 is 0 Å². The van der Waals surface area contributed by atoms with Gasteiger partial charge in [-0.3, -0.25) is 9.78 Å². The number of aryl methyl sites for hydroxylation is 1. The Balaban J connectivity index is 1.78. The molecule has 2 heterocycles. The van der Waals surface area contributed by atoms with E-state index in [1.807, 2.05) is 36.4 Å². The monoisotopic (exact) mass is 337 g/mol. The first-order valence-corrected chi connectivity index (χ1v) is 7.97. The van der Waals surface area contributed by atoms with Crippen LogP contribution in [0.4, 0.5) is 0 Å². The van der Waals surface area contributed by atoms with Crippen LogP contribution in [0.25, 0.3) is 11.3 Å². The number of pyridine rings is 1. The fraction of sp³-hybridized carbons (Fsp3) is 0.211. The van der Waals surface area contributed by atoms with Gasteiger partial charge in [0, 0.05) is 18.9 Å². The van der Waals surface area contributed by atoms with Gasteiger partial charge in [0.05, 0.1) is 18.4 Å². The van der Waals surface area contributed by atoms with Crippen LogP contribution in [-0.2, 0) is 6.42 Å². The number of carbonyl (C=O) groups is 1. The first-order valence-electron chi connectivity index (χ1n) is 7.97. The lowest BCUT2D eigenvalue weighted by Gasteiger charge is -2.08. The number of methoxy groups -OCH3 is 1. The molecule has 0 unspecified atom stereocenters. The molecule has 0 radical (unpaired) electrons. The minimum atomic E-state index is -0.214. The van der Waals surface area contributed by atoms with Crippen molar-refractivity contribution in [2.24, 2.45) is 0 Å². The number of carbonyl (C=O) groups excluding carboxylic acids is 1. The third kappa shape index (κ3) is 3.68. The molecular weight excluding hydrogens is 318 g/mol. The summed E-state index contributed by atoms with van der Waals surface area (Å²) in [6.45, 7) is 2.26. The lowest BCUT2D eigenvalue weighted by molar-refractivity contribution is 0.0954. The van der Waals surface area contributed by atoms with Gasteiger partial charge in [0.1, 0.15) is 11.3 Å². The minimum Gasteiger partial charge on any atom is -0.496 e. The number of hydrogen-bond donors (Lipinski definition) is 1. The van der Waals surface area contributed by atoms with Gasteiger partial charge in [-0.15, -0.1) is 0 Å². The van der Waals surface area contributed by atoms with Crippen LogP contribution in [0.15, 0.2) is 53.3 Å². The number of amides is 1. The van der Waals surface area contributed by atoms with Gasteiger partial charge < -0.3 is 14.6 Å². The molecule has 0 atom stereocenters. The third-order valence-corrected chi connectivity index (χ3v) is 3.89. The van der Waals surface area contributed by atoms with E-state index in [4.69, 9.17) is 9.26 Å². The lowest BCUT2D eigenvalue weighted by atomic mass is 10.1. The number of nitrogens with one attached hydrogen (secondary N) is 1. The normalized spacial score (nSPS) is 10.5. The topological polar surface area (TPSA) is 77.2 Å². The summed E-state index contributed by atoms with van der Waals surface area (Å²) < 4.78 is 10.8. The van der Waals surface area contributed by atoms with Crippen LogP contribution in [0.1, 0.15) is 21.6 Å². The second kappa shape index (κ2) is 7.61. The number of para-hydroxylation sites is 1. The van der Waals surface area contributed by atoms with E-state index in [9.17, 15) is 4.79 Å². The van der Waals surface area contributed by atoms with Crippen LogP contribution in [-0.4, -0.2) is 29.7 Å². The Kier molecular flexibility index (Phi) is 5.09. The minimum absolute atomic E-state index is 0.214. The maximum absolute atomic E-state index is 12.6. The van der Waals surface area contributed by atoms with Gasteiger partial charge in [-0.1, -0.05) is 17.3 Å². The van der Waals surface area contributed by atoms with Gasteiger partial charge in [0.25, 0.3) is 5.91 Å². The summed E-state index contributed by atoms with van der Waals surface area (Å²) in [7, 11) is 1.58. The average Bonchev–Trinajstić information content (AvgIpc) is 3.04.